The van der Waals surface area contributed by atoms with Gasteiger partial charge in [0.05, 0.1) is 0 Å². The normalized spacial score (nSPS) is 12.3. The van der Waals surface area contributed by atoms with Gasteiger partial charge in [-0.2, -0.15) is 0 Å². The molecule has 2 rings (SSSR count). The van der Waals surface area contributed by atoms with Crippen LogP contribution in [0.3, 0.4) is 0 Å². The first-order valence-electron chi connectivity index (χ1n) is 5.64. The molecular formula is C14H12BrF2NO. The highest BCUT2D eigenvalue weighted by molar-refractivity contribution is 9.10. The molecule has 0 amide bonds. The maximum Gasteiger partial charge on any atom is 0.132 e. The molecule has 0 fully saturated rings. The van der Waals surface area contributed by atoms with E-state index in [1.807, 2.05) is 0 Å². The van der Waals surface area contributed by atoms with Crippen molar-refractivity contribution in [3.63, 3.8) is 0 Å². The zero-order chi connectivity index (χ0) is 14.0. The van der Waals surface area contributed by atoms with Gasteiger partial charge in [-0.3, -0.25) is 0 Å². The van der Waals surface area contributed by atoms with Crippen molar-refractivity contribution in [3.05, 3.63) is 58.1 Å². The minimum atomic E-state index is -0.422. The lowest BCUT2D eigenvalue weighted by Gasteiger charge is -2.14. The van der Waals surface area contributed by atoms with E-state index < -0.39 is 5.82 Å². The van der Waals surface area contributed by atoms with Crippen LogP contribution in [0.25, 0.3) is 0 Å². The van der Waals surface area contributed by atoms with Gasteiger partial charge < -0.3 is 10.5 Å². The monoisotopic (exact) mass is 327 g/mol. The van der Waals surface area contributed by atoms with Gasteiger partial charge in [-0.05, 0) is 37.3 Å². The first-order valence-corrected chi connectivity index (χ1v) is 6.44. The van der Waals surface area contributed by atoms with Crippen molar-refractivity contribution >= 4 is 15.9 Å². The molecule has 100 valence electrons. The number of benzene rings is 2. The number of hydrogen-bond donors (Lipinski definition) is 1. The zero-order valence-corrected chi connectivity index (χ0v) is 11.7. The Hall–Kier alpha value is -1.46. The summed E-state index contributed by atoms with van der Waals surface area (Å²) in [4.78, 5) is 0. The highest BCUT2D eigenvalue weighted by Crippen LogP contribution is 2.31. The molecule has 19 heavy (non-hydrogen) atoms. The van der Waals surface area contributed by atoms with Crippen LogP contribution in [0.15, 0.2) is 40.9 Å². The van der Waals surface area contributed by atoms with Crippen molar-refractivity contribution in [2.24, 2.45) is 5.73 Å². The zero-order valence-electron chi connectivity index (χ0n) is 10.2. The van der Waals surface area contributed by atoms with E-state index in [-0.39, 0.29) is 11.9 Å². The topological polar surface area (TPSA) is 35.2 Å². The van der Waals surface area contributed by atoms with Crippen LogP contribution in [0.1, 0.15) is 18.5 Å². The summed E-state index contributed by atoms with van der Waals surface area (Å²) in [7, 11) is 0. The van der Waals surface area contributed by atoms with Crippen LogP contribution in [-0.2, 0) is 0 Å². The van der Waals surface area contributed by atoms with E-state index in [9.17, 15) is 8.78 Å². The third kappa shape index (κ3) is 3.52. The summed E-state index contributed by atoms with van der Waals surface area (Å²) in [5.41, 5.74) is 6.29. The predicted molar refractivity (Wildman–Crippen MR) is 73.2 cm³/mol. The first-order chi connectivity index (χ1) is 8.95. The van der Waals surface area contributed by atoms with E-state index >= 15 is 0 Å². The summed E-state index contributed by atoms with van der Waals surface area (Å²) in [5.74, 6) is -0.0804. The Morgan fingerprint density at radius 3 is 2.47 bits per heavy atom. The summed E-state index contributed by atoms with van der Waals surface area (Å²) in [6, 6.07) is 7.87. The molecule has 5 heteroatoms. The van der Waals surface area contributed by atoms with Gasteiger partial charge in [-0.1, -0.05) is 15.9 Å². The average Bonchev–Trinajstić information content (AvgIpc) is 2.30. The van der Waals surface area contributed by atoms with E-state index in [2.05, 4.69) is 15.9 Å². The molecule has 1 atom stereocenters. The van der Waals surface area contributed by atoms with E-state index in [4.69, 9.17) is 10.5 Å². The SMILES string of the molecule is CC(N)c1cc(F)ccc1Oc1cc(F)cc(Br)c1. The molecule has 0 aliphatic heterocycles. The van der Waals surface area contributed by atoms with Crippen LogP contribution in [0, 0.1) is 11.6 Å². The summed E-state index contributed by atoms with van der Waals surface area (Å²) in [5, 5.41) is 0. The molecule has 0 aliphatic carbocycles. The molecule has 0 spiro atoms. The van der Waals surface area contributed by atoms with Crippen LogP contribution >= 0.6 is 15.9 Å². The fraction of sp³-hybridized carbons (Fsp3) is 0.143. The molecule has 2 nitrogen and oxygen atoms in total. The van der Waals surface area contributed by atoms with Crippen LogP contribution in [0.4, 0.5) is 8.78 Å². The molecule has 0 heterocycles. The smallest absolute Gasteiger partial charge is 0.132 e. The molecule has 2 aromatic rings. The maximum absolute atomic E-state index is 13.3. The Morgan fingerprint density at radius 1 is 1.11 bits per heavy atom. The second-order valence-electron chi connectivity index (χ2n) is 4.18. The first kappa shape index (κ1) is 14.0. The highest BCUT2D eigenvalue weighted by Gasteiger charge is 2.11. The third-order valence-corrected chi connectivity index (χ3v) is 2.98. The van der Waals surface area contributed by atoms with Gasteiger partial charge in [0, 0.05) is 22.1 Å². The molecule has 0 saturated carbocycles. The Morgan fingerprint density at radius 2 is 1.84 bits per heavy atom. The largest absolute Gasteiger partial charge is 0.457 e. The lowest BCUT2D eigenvalue weighted by atomic mass is 10.1. The number of nitrogens with two attached hydrogens (primary N) is 1. The minimum Gasteiger partial charge on any atom is -0.457 e. The number of rotatable bonds is 3. The van der Waals surface area contributed by atoms with E-state index in [0.717, 1.165) is 0 Å². The molecular weight excluding hydrogens is 316 g/mol. The molecule has 2 N–H and O–H groups in total. The Labute approximate surface area is 118 Å². The van der Waals surface area contributed by atoms with Crippen LogP contribution < -0.4 is 10.5 Å². The fourth-order valence-electron chi connectivity index (χ4n) is 1.68. The summed E-state index contributed by atoms with van der Waals surface area (Å²) in [6.07, 6.45) is 0. The second-order valence-corrected chi connectivity index (χ2v) is 5.09. The second kappa shape index (κ2) is 5.67. The van der Waals surface area contributed by atoms with Gasteiger partial charge in [0.1, 0.15) is 23.1 Å². The van der Waals surface area contributed by atoms with Crippen molar-refractivity contribution in [2.45, 2.75) is 13.0 Å². The summed E-state index contributed by atoms with van der Waals surface area (Å²) >= 11 is 3.18. The van der Waals surface area contributed by atoms with Crippen molar-refractivity contribution in [3.8, 4) is 11.5 Å². The average molecular weight is 328 g/mol. The molecule has 1 unspecified atom stereocenters. The molecule has 0 bridgehead atoms. The van der Waals surface area contributed by atoms with Crippen LogP contribution in [0.2, 0.25) is 0 Å². The van der Waals surface area contributed by atoms with Gasteiger partial charge in [0.2, 0.25) is 0 Å². The Bertz CT molecular complexity index is 582. The van der Waals surface area contributed by atoms with Crippen molar-refractivity contribution in [1.82, 2.24) is 0 Å². The van der Waals surface area contributed by atoms with Crippen molar-refractivity contribution in [1.29, 1.82) is 0 Å². The third-order valence-electron chi connectivity index (χ3n) is 2.53. The quantitative estimate of drug-likeness (QED) is 0.898. The predicted octanol–water partition coefficient (Wildman–Crippen LogP) is 4.54. The summed E-state index contributed by atoms with van der Waals surface area (Å²) in [6.45, 7) is 1.73. The fourth-order valence-corrected chi connectivity index (χ4v) is 2.13. The number of hydrogen-bond acceptors (Lipinski definition) is 2. The molecule has 2 aromatic carbocycles. The van der Waals surface area contributed by atoms with Crippen molar-refractivity contribution in [2.75, 3.05) is 0 Å². The molecule has 0 aromatic heterocycles. The lowest BCUT2D eigenvalue weighted by Crippen LogP contribution is -2.07. The molecule has 0 aliphatic rings. The van der Waals surface area contributed by atoms with E-state index in [0.29, 0.717) is 21.5 Å². The Kier molecular flexibility index (Phi) is 4.17. The van der Waals surface area contributed by atoms with E-state index in [1.54, 1.807) is 13.0 Å². The van der Waals surface area contributed by atoms with Gasteiger partial charge >= 0.3 is 0 Å². The minimum absolute atomic E-state index is 0.320. The van der Waals surface area contributed by atoms with Crippen LogP contribution in [-0.4, -0.2) is 0 Å². The van der Waals surface area contributed by atoms with Crippen molar-refractivity contribution < 1.29 is 13.5 Å². The number of halogens is 3. The molecule has 0 saturated heterocycles. The lowest BCUT2D eigenvalue weighted by molar-refractivity contribution is 0.464. The maximum atomic E-state index is 13.3. The van der Waals surface area contributed by atoms with Gasteiger partial charge in [-0.15, -0.1) is 0 Å². The molecule has 0 radical (unpaired) electrons. The van der Waals surface area contributed by atoms with Gasteiger partial charge in [-0.25, -0.2) is 8.78 Å². The highest BCUT2D eigenvalue weighted by atomic mass is 79.9. The Balaban J connectivity index is 2.37. The van der Waals surface area contributed by atoms with Crippen LogP contribution in [0.5, 0.6) is 11.5 Å². The summed E-state index contributed by atoms with van der Waals surface area (Å²) < 4.78 is 32.6. The van der Waals surface area contributed by atoms with Gasteiger partial charge in [0.25, 0.3) is 0 Å². The van der Waals surface area contributed by atoms with E-state index in [1.165, 1.54) is 30.3 Å². The number of ether oxygens (including phenoxy) is 1. The van der Waals surface area contributed by atoms with Gasteiger partial charge in [0.15, 0.2) is 0 Å². The standard InChI is InChI=1S/C14H12BrF2NO/c1-8(18)13-7-10(16)2-3-14(13)19-12-5-9(15)4-11(17)6-12/h2-8H,18H2,1H3.